The van der Waals surface area contributed by atoms with E-state index < -0.39 is 31.3 Å². The highest BCUT2D eigenvalue weighted by atomic mass is 19.4. The van der Waals surface area contributed by atoms with Gasteiger partial charge in [0, 0.05) is 13.0 Å². The lowest BCUT2D eigenvalue weighted by Crippen LogP contribution is -2.30. The average molecular weight is 405 g/mol. The monoisotopic (exact) mass is 405 g/mol. The molecule has 156 valence electrons. The first-order valence-corrected chi connectivity index (χ1v) is 8.54. The van der Waals surface area contributed by atoms with Gasteiger partial charge in [0.1, 0.15) is 6.61 Å². The molecule has 1 aromatic carbocycles. The lowest BCUT2D eigenvalue weighted by Gasteiger charge is -2.09. The maximum absolute atomic E-state index is 12.0. The Morgan fingerprint density at radius 3 is 2.36 bits per heavy atom. The van der Waals surface area contributed by atoms with E-state index in [1.54, 1.807) is 6.92 Å². The number of hydrogen-bond acceptors (Lipinski definition) is 6. The highest BCUT2D eigenvalue weighted by Gasteiger charge is 2.27. The van der Waals surface area contributed by atoms with Crippen molar-refractivity contribution < 1.29 is 41.8 Å². The van der Waals surface area contributed by atoms with E-state index in [1.807, 2.05) is 0 Å². The van der Waals surface area contributed by atoms with Gasteiger partial charge in [-0.2, -0.15) is 13.2 Å². The molecular formula is C18H22F3NO6. The van der Waals surface area contributed by atoms with Gasteiger partial charge in [0.05, 0.1) is 18.8 Å². The van der Waals surface area contributed by atoms with E-state index in [1.165, 1.54) is 24.3 Å². The van der Waals surface area contributed by atoms with Crippen LogP contribution in [0.3, 0.4) is 0 Å². The van der Waals surface area contributed by atoms with Crippen molar-refractivity contribution in [2.24, 2.45) is 0 Å². The molecule has 0 saturated heterocycles. The molecular weight excluding hydrogens is 383 g/mol. The van der Waals surface area contributed by atoms with Crippen molar-refractivity contribution >= 4 is 17.8 Å². The fourth-order valence-electron chi connectivity index (χ4n) is 1.98. The molecule has 1 rings (SSSR count). The summed E-state index contributed by atoms with van der Waals surface area (Å²) in [5.74, 6) is -1.62. The Morgan fingerprint density at radius 1 is 1.07 bits per heavy atom. The number of amides is 1. The quantitative estimate of drug-likeness (QED) is 0.449. The molecule has 0 spiro atoms. The van der Waals surface area contributed by atoms with Gasteiger partial charge in [0.2, 0.25) is 0 Å². The Labute approximate surface area is 160 Å². The number of esters is 2. The van der Waals surface area contributed by atoms with Crippen molar-refractivity contribution in [3.05, 3.63) is 35.4 Å². The minimum absolute atomic E-state index is 0.148. The van der Waals surface area contributed by atoms with E-state index in [4.69, 9.17) is 9.47 Å². The van der Waals surface area contributed by atoms with Gasteiger partial charge in [0.15, 0.2) is 6.61 Å². The van der Waals surface area contributed by atoms with Gasteiger partial charge < -0.3 is 19.5 Å². The second-order valence-corrected chi connectivity index (χ2v) is 5.64. The molecule has 28 heavy (non-hydrogen) atoms. The van der Waals surface area contributed by atoms with Crippen molar-refractivity contribution in [3.8, 4) is 0 Å². The molecule has 1 N–H and O–H groups in total. The van der Waals surface area contributed by atoms with Crippen LogP contribution in [0.2, 0.25) is 0 Å². The Morgan fingerprint density at radius 2 is 1.75 bits per heavy atom. The van der Waals surface area contributed by atoms with Crippen LogP contribution in [0.1, 0.15) is 35.7 Å². The Hall–Kier alpha value is -2.62. The average Bonchev–Trinajstić information content (AvgIpc) is 2.63. The molecule has 0 aliphatic carbocycles. The molecule has 0 fully saturated rings. The molecule has 10 heteroatoms. The van der Waals surface area contributed by atoms with Gasteiger partial charge >= 0.3 is 18.1 Å². The minimum Gasteiger partial charge on any atom is -0.466 e. The van der Waals surface area contributed by atoms with E-state index in [0.29, 0.717) is 18.6 Å². The van der Waals surface area contributed by atoms with Crippen LogP contribution in [0.25, 0.3) is 0 Å². The zero-order valence-corrected chi connectivity index (χ0v) is 15.3. The highest BCUT2D eigenvalue weighted by Crippen LogP contribution is 2.16. The number of ether oxygens (including phenoxy) is 3. The predicted octanol–water partition coefficient (Wildman–Crippen LogP) is 2.38. The summed E-state index contributed by atoms with van der Waals surface area (Å²) in [6.07, 6.45) is -3.83. The molecule has 1 amide bonds. The van der Waals surface area contributed by atoms with Crippen LogP contribution in [0, 0.1) is 0 Å². The molecule has 1 aromatic rings. The maximum Gasteiger partial charge on any atom is 0.411 e. The van der Waals surface area contributed by atoms with Crippen LogP contribution in [0.5, 0.6) is 0 Å². The summed E-state index contributed by atoms with van der Waals surface area (Å²) >= 11 is 0. The molecule has 0 aliphatic rings. The highest BCUT2D eigenvalue weighted by molar-refractivity contribution is 5.91. The van der Waals surface area contributed by atoms with Gasteiger partial charge in [-0.15, -0.1) is 0 Å². The molecule has 0 bridgehead atoms. The first-order valence-electron chi connectivity index (χ1n) is 8.54. The smallest absolute Gasteiger partial charge is 0.411 e. The molecule has 0 heterocycles. The summed E-state index contributed by atoms with van der Waals surface area (Å²) < 4.78 is 50.1. The number of carbonyl (C=O) groups is 3. The van der Waals surface area contributed by atoms with Gasteiger partial charge in [0.25, 0.3) is 5.91 Å². The summed E-state index contributed by atoms with van der Waals surface area (Å²) in [4.78, 5) is 34.6. The van der Waals surface area contributed by atoms with Gasteiger partial charge in [-0.25, -0.2) is 4.79 Å². The number of nitrogens with one attached hydrogen (secondary N) is 1. The minimum atomic E-state index is -4.40. The van der Waals surface area contributed by atoms with Crippen molar-refractivity contribution in [1.82, 2.24) is 5.32 Å². The molecule has 0 atom stereocenters. The van der Waals surface area contributed by atoms with Crippen LogP contribution in [0.4, 0.5) is 13.2 Å². The molecule has 0 radical (unpaired) electrons. The fourth-order valence-corrected chi connectivity index (χ4v) is 1.98. The normalized spacial score (nSPS) is 11.0. The molecule has 7 nitrogen and oxygen atoms in total. The van der Waals surface area contributed by atoms with Crippen molar-refractivity contribution in [2.75, 3.05) is 26.4 Å². The lowest BCUT2D eigenvalue weighted by molar-refractivity contribution is -0.176. The van der Waals surface area contributed by atoms with E-state index in [9.17, 15) is 27.6 Å². The first kappa shape index (κ1) is 23.4. The topological polar surface area (TPSA) is 90.9 Å². The second-order valence-electron chi connectivity index (χ2n) is 5.64. The summed E-state index contributed by atoms with van der Waals surface area (Å²) in [5, 5.41) is 2.50. The summed E-state index contributed by atoms with van der Waals surface area (Å²) in [6.45, 7) is 0.136. The predicted molar refractivity (Wildman–Crippen MR) is 91.3 cm³/mol. The number of carbonyl (C=O) groups excluding carboxylic acids is 3. The van der Waals surface area contributed by atoms with Crippen molar-refractivity contribution in [2.45, 2.75) is 32.5 Å². The molecule has 0 saturated carbocycles. The molecule has 0 aliphatic heterocycles. The summed E-state index contributed by atoms with van der Waals surface area (Å²) in [6, 6.07) is 5.60. The number of halogens is 3. The first-order chi connectivity index (χ1) is 13.2. The summed E-state index contributed by atoms with van der Waals surface area (Å²) in [5.41, 5.74) is 0.606. The van der Waals surface area contributed by atoms with Crippen LogP contribution in [-0.2, 0) is 30.4 Å². The Balaban J connectivity index is 2.27. The van der Waals surface area contributed by atoms with Crippen LogP contribution in [-0.4, -0.2) is 50.4 Å². The van der Waals surface area contributed by atoms with Crippen molar-refractivity contribution in [3.63, 3.8) is 0 Å². The standard InChI is InChI=1S/C18H22F3NO6/c1-2-27-16(24)4-3-9-22-15(23)11-28-17(25)14-7-5-13(6-8-14)10-26-12-18(19,20)21/h5-8H,2-4,9-12H2,1H3,(H,22,23). The third-order valence-electron chi connectivity index (χ3n) is 3.24. The Bertz CT molecular complexity index is 646. The van der Waals surface area contributed by atoms with Crippen molar-refractivity contribution in [1.29, 1.82) is 0 Å². The van der Waals surface area contributed by atoms with E-state index >= 15 is 0 Å². The number of hydrogen-bond donors (Lipinski definition) is 1. The third-order valence-corrected chi connectivity index (χ3v) is 3.24. The Kier molecular flexibility index (Phi) is 10.0. The second kappa shape index (κ2) is 12.0. The zero-order chi connectivity index (χ0) is 21.0. The van der Waals surface area contributed by atoms with Gasteiger partial charge in [-0.05, 0) is 31.0 Å². The third kappa shape index (κ3) is 10.5. The van der Waals surface area contributed by atoms with Crippen LogP contribution < -0.4 is 5.32 Å². The van der Waals surface area contributed by atoms with Crippen LogP contribution in [0.15, 0.2) is 24.3 Å². The number of benzene rings is 1. The largest absolute Gasteiger partial charge is 0.466 e. The number of alkyl halides is 3. The van der Waals surface area contributed by atoms with E-state index in [2.05, 4.69) is 10.1 Å². The van der Waals surface area contributed by atoms with Crippen LogP contribution >= 0.6 is 0 Å². The fraction of sp³-hybridized carbons (Fsp3) is 0.500. The maximum atomic E-state index is 12.0. The number of rotatable bonds is 11. The summed E-state index contributed by atoms with van der Waals surface area (Å²) in [7, 11) is 0. The van der Waals surface area contributed by atoms with Gasteiger partial charge in [-0.3, -0.25) is 9.59 Å². The zero-order valence-electron chi connectivity index (χ0n) is 15.3. The van der Waals surface area contributed by atoms with Gasteiger partial charge in [-0.1, -0.05) is 12.1 Å². The SMILES string of the molecule is CCOC(=O)CCCNC(=O)COC(=O)c1ccc(COCC(F)(F)F)cc1. The van der Waals surface area contributed by atoms with E-state index in [0.717, 1.165) is 0 Å². The lowest BCUT2D eigenvalue weighted by atomic mass is 10.1. The molecule has 0 unspecified atom stereocenters. The molecule has 0 aromatic heterocycles. The van der Waals surface area contributed by atoms with E-state index in [-0.39, 0.29) is 31.1 Å².